The Morgan fingerprint density at radius 2 is 1.83 bits per heavy atom. The first-order chi connectivity index (χ1) is 14.5. The van der Waals surface area contributed by atoms with E-state index in [4.69, 9.17) is 4.74 Å². The van der Waals surface area contributed by atoms with Gasteiger partial charge in [0.1, 0.15) is 5.75 Å². The minimum absolute atomic E-state index is 0.133. The Kier molecular flexibility index (Phi) is 5.22. The van der Waals surface area contributed by atoms with E-state index in [0.29, 0.717) is 22.4 Å². The standard InChI is InChI=1S/C22H19BrN4O3/c1-4-5-12-26-18-19(24-21(26)23)25(2)22(29)27(20(18)28)13-14-10-11-17(30-3)16-9-7-6-8-15(14)16/h6-11H,12-13H2,1-3H3. The molecule has 4 rings (SSSR count). The van der Waals surface area contributed by atoms with E-state index in [-0.39, 0.29) is 6.54 Å². The van der Waals surface area contributed by atoms with Gasteiger partial charge in [-0.2, -0.15) is 0 Å². The van der Waals surface area contributed by atoms with E-state index in [2.05, 4.69) is 32.8 Å². The van der Waals surface area contributed by atoms with Crippen LogP contribution in [0.25, 0.3) is 21.9 Å². The molecule has 0 aliphatic rings. The number of nitrogens with zero attached hydrogens (tertiary/aromatic N) is 4. The maximum Gasteiger partial charge on any atom is 0.332 e. The summed E-state index contributed by atoms with van der Waals surface area (Å²) in [5.74, 6) is 6.51. The Hall–Kier alpha value is -3.31. The topological polar surface area (TPSA) is 71.1 Å². The van der Waals surface area contributed by atoms with Crippen LogP contribution in [0.4, 0.5) is 0 Å². The number of aromatic nitrogens is 4. The molecule has 2 aromatic carbocycles. The lowest BCUT2D eigenvalue weighted by Crippen LogP contribution is -2.40. The van der Waals surface area contributed by atoms with E-state index >= 15 is 0 Å². The van der Waals surface area contributed by atoms with Crippen molar-refractivity contribution in [3.63, 3.8) is 0 Å². The molecule has 0 fully saturated rings. The number of rotatable bonds is 4. The molecule has 7 nitrogen and oxygen atoms in total. The van der Waals surface area contributed by atoms with E-state index < -0.39 is 11.2 Å². The first kappa shape index (κ1) is 20.0. The molecule has 0 saturated carbocycles. The molecule has 152 valence electrons. The van der Waals surface area contributed by atoms with Crippen LogP contribution in [0.3, 0.4) is 0 Å². The fourth-order valence-electron chi connectivity index (χ4n) is 3.61. The normalized spacial score (nSPS) is 10.9. The molecule has 30 heavy (non-hydrogen) atoms. The summed E-state index contributed by atoms with van der Waals surface area (Å²) >= 11 is 3.38. The molecule has 0 aliphatic heterocycles. The number of hydrogen-bond acceptors (Lipinski definition) is 4. The Balaban J connectivity index is 1.96. The van der Waals surface area contributed by atoms with Crippen molar-refractivity contribution in [3.8, 4) is 17.6 Å². The lowest BCUT2D eigenvalue weighted by atomic mass is 10.0. The predicted molar refractivity (Wildman–Crippen MR) is 120 cm³/mol. The number of aryl methyl sites for hydroxylation is 1. The van der Waals surface area contributed by atoms with E-state index in [1.54, 1.807) is 25.6 Å². The monoisotopic (exact) mass is 466 g/mol. The molecule has 2 aromatic heterocycles. The van der Waals surface area contributed by atoms with Gasteiger partial charge in [0.2, 0.25) is 0 Å². The van der Waals surface area contributed by atoms with Gasteiger partial charge in [-0.3, -0.25) is 13.9 Å². The molecule has 0 amide bonds. The predicted octanol–water partition coefficient (Wildman–Crippen LogP) is 2.89. The molecule has 0 bridgehead atoms. The second-order valence-corrected chi connectivity index (χ2v) is 7.48. The number of fused-ring (bicyclic) bond motifs is 2. The van der Waals surface area contributed by atoms with Crippen LogP contribution < -0.4 is 16.0 Å². The summed E-state index contributed by atoms with van der Waals surface area (Å²) < 4.78 is 10.2. The van der Waals surface area contributed by atoms with Gasteiger partial charge in [0.25, 0.3) is 5.56 Å². The van der Waals surface area contributed by atoms with Gasteiger partial charge < -0.3 is 9.30 Å². The van der Waals surface area contributed by atoms with Gasteiger partial charge in [-0.15, -0.1) is 5.92 Å². The summed E-state index contributed by atoms with van der Waals surface area (Å²) in [5, 5.41) is 1.85. The highest BCUT2D eigenvalue weighted by Crippen LogP contribution is 2.28. The highest BCUT2D eigenvalue weighted by atomic mass is 79.9. The lowest BCUT2D eigenvalue weighted by Gasteiger charge is -2.13. The van der Waals surface area contributed by atoms with Gasteiger partial charge in [-0.25, -0.2) is 9.78 Å². The summed E-state index contributed by atoms with van der Waals surface area (Å²) in [7, 11) is 3.23. The molecule has 0 aliphatic carbocycles. The van der Waals surface area contributed by atoms with Crippen molar-refractivity contribution in [2.45, 2.75) is 20.0 Å². The molecule has 0 radical (unpaired) electrons. The highest BCUT2D eigenvalue weighted by molar-refractivity contribution is 9.10. The third-order valence-electron chi connectivity index (χ3n) is 5.12. The van der Waals surface area contributed by atoms with Gasteiger partial charge in [0.05, 0.1) is 20.2 Å². The Morgan fingerprint density at radius 1 is 1.10 bits per heavy atom. The Bertz CT molecular complexity index is 1470. The molecule has 2 heterocycles. The van der Waals surface area contributed by atoms with Crippen molar-refractivity contribution in [2.24, 2.45) is 7.05 Å². The van der Waals surface area contributed by atoms with Crippen LogP contribution in [0.2, 0.25) is 0 Å². The molecule has 0 spiro atoms. The number of ether oxygens (including phenoxy) is 1. The number of imidazole rings is 1. The van der Waals surface area contributed by atoms with Crippen molar-refractivity contribution >= 4 is 37.9 Å². The number of hydrogen-bond donors (Lipinski definition) is 0. The molecule has 4 aromatic rings. The third kappa shape index (κ3) is 3.12. The summed E-state index contributed by atoms with van der Waals surface area (Å²) in [5.41, 5.74) is 0.689. The van der Waals surface area contributed by atoms with E-state index in [1.165, 1.54) is 9.13 Å². The number of halogens is 1. The first-order valence-electron chi connectivity index (χ1n) is 9.27. The molecular formula is C22H19BrN4O3. The van der Waals surface area contributed by atoms with E-state index in [9.17, 15) is 9.59 Å². The SMILES string of the molecule is CC#CCn1c(Br)nc2c1c(=O)n(Cc1ccc(OC)c3ccccc13)c(=O)n2C. The van der Waals surface area contributed by atoms with Crippen LogP contribution in [0.5, 0.6) is 5.75 Å². The average Bonchev–Trinajstić information content (AvgIpc) is 3.10. The largest absolute Gasteiger partial charge is 0.496 e. The van der Waals surface area contributed by atoms with E-state index in [0.717, 1.165) is 22.1 Å². The molecule has 0 N–H and O–H groups in total. The molecule has 0 unspecified atom stereocenters. The minimum atomic E-state index is -0.425. The van der Waals surface area contributed by atoms with Gasteiger partial charge in [-0.05, 0) is 39.9 Å². The summed E-state index contributed by atoms with van der Waals surface area (Å²) in [4.78, 5) is 30.7. The van der Waals surface area contributed by atoms with Gasteiger partial charge >= 0.3 is 5.69 Å². The van der Waals surface area contributed by atoms with Crippen LogP contribution in [0.1, 0.15) is 12.5 Å². The lowest BCUT2D eigenvalue weighted by molar-refractivity contribution is 0.419. The van der Waals surface area contributed by atoms with Crippen LogP contribution in [0.15, 0.2) is 50.7 Å². The zero-order valence-corrected chi connectivity index (χ0v) is 18.4. The van der Waals surface area contributed by atoms with Crippen molar-refractivity contribution in [1.29, 1.82) is 0 Å². The molecule has 0 saturated heterocycles. The van der Waals surface area contributed by atoms with Gasteiger partial charge in [0, 0.05) is 12.4 Å². The van der Waals surface area contributed by atoms with Crippen LogP contribution >= 0.6 is 15.9 Å². The minimum Gasteiger partial charge on any atom is -0.496 e. The maximum absolute atomic E-state index is 13.4. The van der Waals surface area contributed by atoms with Crippen LogP contribution in [0, 0.1) is 11.8 Å². The van der Waals surface area contributed by atoms with Crippen molar-refractivity contribution in [2.75, 3.05) is 7.11 Å². The zero-order chi connectivity index (χ0) is 21.4. The number of methoxy groups -OCH3 is 1. The Morgan fingerprint density at radius 3 is 2.53 bits per heavy atom. The van der Waals surface area contributed by atoms with Crippen molar-refractivity contribution in [3.05, 3.63) is 67.5 Å². The summed E-state index contributed by atoms with van der Waals surface area (Å²) in [6, 6.07) is 11.5. The van der Waals surface area contributed by atoms with Crippen molar-refractivity contribution < 1.29 is 4.74 Å². The second kappa shape index (κ2) is 7.84. The molecule has 0 atom stereocenters. The molecular weight excluding hydrogens is 448 g/mol. The maximum atomic E-state index is 13.4. The summed E-state index contributed by atoms with van der Waals surface area (Å²) in [6.07, 6.45) is 0. The smallest absolute Gasteiger partial charge is 0.332 e. The van der Waals surface area contributed by atoms with Crippen LogP contribution in [-0.4, -0.2) is 25.8 Å². The van der Waals surface area contributed by atoms with Crippen LogP contribution in [-0.2, 0) is 20.1 Å². The Labute approximate surface area is 180 Å². The fourth-order valence-corrected chi connectivity index (χ4v) is 4.08. The quantitative estimate of drug-likeness (QED) is 0.342. The van der Waals surface area contributed by atoms with Gasteiger partial charge in [0.15, 0.2) is 15.9 Å². The number of benzene rings is 2. The first-order valence-corrected chi connectivity index (χ1v) is 10.1. The molecule has 8 heteroatoms. The fraction of sp³-hybridized carbons (Fsp3) is 0.227. The zero-order valence-electron chi connectivity index (χ0n) is 16.8. The summed E-state index contributed by atoms with van der Waals surface area (Å²) in [6.45, 7) is 2.16. The van der Waals surface area contributed by atoms with Gasteiger partial charge in [-0.1, -0.05) is 36.3 Å². The second-order valence-electron chi connectivity index (χ2n) is 6.77. The average molecular weight is 467 g/mol. The third-order valence-corrected chi connectivity index (χ3v) is 5.73. The highest BCUT2D eigenvalue weighted by Gasteiger charge is 2.19. The van der Waals surface area contributed by atoms with E-state index in [1.807, 2.05) is 36.4 Å². The van der Waals surface area contributed by atoms with Crippen molar-refractivity contribution in [1.82, 2.24) is 18.7 Å².